The Kier molecular flexibility index (Phi) is 4.24. The number of aromatic nitrogens is 1. The highest BCUT2D eigenvalue weighted by Gasteiger charge is 2.09. The molecule has 0 aliphatic rings. The maximum Gasteiger partial charge on any atom is 0.339 e. The van der Waals surface area contributed by atoms with Crippen molar-refractivity contribution in [3.63, 3.8) is 0 Å². The standard InChI is InChI=1S/C9H9FINO2/c1-2-14-9(13)6-3-7(11)8(4-10)12-5-6/h3,5H,2,4H2,1H3. The van der Waals surface area contributed by atoms with Gasteiger partial charge in [-0.15, -0.1) is 0 Å². The van der Waals surface area contributed by atoms with Crippen LogP contribution in [-0.4, -0.2) is 17.6 Å². The predicted molar refractivity (Wildman–Crippen MR) is 57.7 cm³/mol. The fourth-order valence-electron chi connectivity index (χ4n) is 0.891. The molecule has 0 bridgehead atoms. The smallest absolute Gasteiger partial charge is 0.339 e. The molecule has 14 heavy (non-hydrogen) atoms. The third-order valence-electron chi connectivity index (χ3n) is 1.56. The normalized spacial score (nSPS) is 9.93. The summed E-state index contributed by atoms with van der Waals surface area (Å²) in [4.78, 5) is 15.1. The van der Waals surface area contributed by atoms with Crippen molar-refractivity contribution in [2.45, 2.75) is 13.6 Å². The number of alkyl halides is 1. The molecule has 0 N–H and O–H groups in total. The molecule has 76 valence electrons. The van der Waals surface area contributed by atoms with Crippen LogP contribution in [-0.2, 0) is 11.4 Å². The maximum atomic E-state index is 12.3. The van der Waals surface area contributed by atoms with Crippen molar-refractivity contribution in [2.75, 3.05) is 6.61 Å². The SMILES string of the molecule is CCOC(=O)c1cnc(CF)c(I)c1. The van der Waals surface area contributed by atoms with Crippen LogP contribution < -0.4 is 0 Å². The fraction of sp³-hybridized carbons (Fsp3) is 0.333. The summed E-state index contributed by atoms with van der Waals surface area (Å²) in [7, 11) is 0. The van der Waals surface area contributed by atoms with Crippen LogP contribution in [0.3, 0.4) is 0 Å². The number of esters is 1. The Labute approximate surface area is 94.8 Å². The van der Waals surface area contributed by atoms with E-state index in [-0.39, 0.29) is 0 Å². The molecule has 0 spiro atoms. The first-order valence-corrected chi connectivity index (χ1v) is 5.14. The van der Waals surface area contributed by atoms with Crippen LogP contribution in [0, 0.1) is 3.57 Å². The summed E-state index contributed by atoms with van der Waals surface area (Å²) in [5.41, 5.74) is 0.701. The Morgan fingerprint density at radius 1 is 1.71 bits per heavy atom. The second kappa shape index (κ2) is 5.23. The van der Waals surface area contributed by atoms with Gasteiger partial charge in [-0.25, -0.2) is 9.18 Å². The average molecular weight is 309 g/mol. The number of pyridine rings is 1. The number of hydrogen-bond acceptors (Lipinski definition) is 3. The minimum atomic E-state index is -0.624. The minimum absolute atomic E-state index is 0.320. The molecule has 0 aliphatic carbocycles. The molecular formula is C9H9FINO2. The van der Waals surface area contributed by atoms with Crippen LogP contribution in [0.5, 0.6) is 0 Å². The van der Waals surface area contributed by atoms with Crippen molar-refractivity contribution < 1.29 is 13.9 Å². The first-order chi connectivity index (χ1) is 6.69. The number of hydrogen-bond donors (Lipinski definition) is 0. The topological polar surface area (TPSA) is 39.2 Å². The van der Waals surface area contributed by atoms with Gasteiger partial charge in [-0.3, -0.25) is 4.98 Å². The first kappa shape index (κ1) is 11.4. The number of carbonyl (C=O) groups excluding carboxylic acids is 1. The molecule has 0 radical (unpaired) electrons. The molecule has 0 aliphatic heterocycles. The summed E-state index contributed by atoms with van der Waals surface area (Å²) in [5.74, 6) is -0.427. The molecule has 0 fully saturated rings. The number of halogens is 2. The molecule has 1 aromatic rings. The zero-order valence-corrected chi connectivity index (χ0v) is 9.75. The van der Waals surface area contributed by atoms with Crippen LogP contribution in [0.15, 0.2) is 12.3 Å². The largest absolute Gasteiger partial charge is 0.462 e. The molecule has 0 unspecified atom stereocenters. The highest BCUT2D eigenvalue weighted by atomic mass is 127. The molecular weight excluding hydrogens is 300 g/mol. The lowest BCUT2D eigenvalue weighted by Crippen LogP contribution is -2.06. The van der Waals surface area contributed by atoms with E-state index in [0.29, 0.717) is 21.4 Å². The van der Waals surface area contributed by atoms with E-state index in [0.717, 1.165) is 0 Å². The van der Waals surface area contributed by atoms with Crippen molar-refractivity contribution in [3.8, 4) is 0 Å². The average Bonchev–Trinajstić information content (AvgIpc) is 2.18. The number of ether oxygens (including phenoxy) is 1. The molecule has 3 nitrogen and oxygen atoms in total. The van der Waals surface area contributed by atoms with E-state index in [1.807, 2.05) is 22.6 Å². The Hall–Kier alpha value is -0.720. The number of rotatable bonds is 3. The lowest BCUT2D eigenvalue weighted by atomic mass is 10.2. The van der Waals surface area contributed by atoms with Gasteiger partial charge in [0.05, 0.1) is 17.9 Å². The van der Waals surface area contributed by atoms with E-state index >= 15 is 0 Å². The third kappa shape index (κ3) is 2.63. The van der Waals surface area contributed by atoms with Gasteiger partial charge in [-0.1, -0.05) is 0 Å². The van der Waals surface area contributed by atoms with E-state index in [1.165, 1.54) is 6.20 Å². The monoisotopic (exact) mass is 309 g/mol. The quantitative estimate of drug-likeness (QED) is 0.635. The Bertz CT molecular complexity index is 344. The van der Waals surface area contributed by atoms with Gasteiger partial charge in [-0.2, -0.15) is 0 Å². The van der Waals surface area contributed by atoms with Gasteiger partial charge in [-0.05, 0) is 35.6 Å². The molecule has 0 saturated carbocycles. The van der Waals surface area contributed by atoms with Crippen LogP contribution in [0.4, 0.5) is 4.39 Å². The van der Waals surface area contributed by atoms with Gasteiger partial charge in [0.15, 0.2) is 0 Å². The Balaban J connectivity index is 2.91. The van der Waals surface area contributed by atoms with Crippen LogP contribution in [0.25, 0.3) is 0 Å². The lowest BCUT2D eigenvalue weighted by molar-refractivity contribution is 0.0525. The van der Waals surface area contributed by atoms with Crippen molar-refractivity contribution in [3.05, 3.63) is 27.1 Å². The van der Waals surface area contributed by atoms with Crippen LogP contribution >= 0.6 is 22.6 Å². The van der Waals surface area contributed by atoms with E-state index in [9.17, 15) is 9.18 Å². The Morgan fingerprint density at radius 3 is 2.93 bits per heavy atom. The fourth-order valence-corrected chi connectivity index (χ4v) is 1.51. The molecule has 0 amide bonds. The zero-order valence-electron chi connectivity index (χ0n) is 7.59. The highest BCUT2D eigenvalue weighted by molar-refractivity contribution is 14.1. The summed E-state index contributed by atoms with van der Waals surface area (Å²) in [5, 5.41) is 0. The van der Waals surface area contributed by atoms with Crippen molar-refractivity contribution in [2.24, 2.45) is 0 Å². The number of nitrogens with zero attached hydrogens (tertiary/aromatic N) is 1. The van der Waals surface area contributed by atoms with Crippen LogP contribution in [0.2, 0.25) is 0 Å². The molecule has 1 aromatic heterocycles. The lowest BCUT2D eigenvalue weighted by Gasteiger charge is -2.03. The molecule has 0 saturated heterocycles. The van der Waals surface area contributed by atoms with E-state index < -0.39 is 12.6 Å². The second-order valence-electron chi connectivity index (χ2n) is 2.51. The molecule has 1 rings (SSSR count). The van der Waals surface area contributed by atoms with E-state index in [1.54, 1.807) is 13.0 Å². The summed E-state index contributed by atoms with van der Waals surface area (Å²) in [6.45, 7) is 1.42. The molecule has 5 heteroatoms. The van der Waals surface area contributed by atoms with Gasteiger partial charge in [0.25, 0.3) is 0 Å². The zero-order chi connectivity index (χ0) is 10.6. The molecule has 1 heterocycles. The van der Waals surface area contributed by atoms with Gasteiger partial charge < -0.3 is 4.74 Å². The predicted octanol–water partition coefficient (Wildman–Crippen LogP) is 2.33. The van der Waals surface area contributed by atoms with Crippen LogP contribution in [0.1, 0.15) is 23.0 Å². The van der Waals surface area contributed by atoms with E-state index in [2.05, 4.69) is 4.98 Å². The second-order valence-corrected chi connectivity index (χ2v) is 3.67. The summed E-state index contributed by atoms with van der Waals surface area (Å²) >= 11 is 1.94. The first-order valence-electron chi connectivity index (χ1n) is 4.06. The van der Waals surface area contributed by atoms with Gasteiger partial charge in [0.1, 0.15) is 6.67 Å². The minimum Gasteiger partial charge on any atom is -0.462 e. The van der Waals surface area contributed by atoms with Crippen molar-refractivity contribution in [1.82, 2.24) is 4.98 Å². The summed E-state index contributed by atoms with van der Waals surface area (Å²) < 4.78 is 17.7. The number of carbonyl (C=O) groups is 1. The molecule has 0 atom stereocenters. The Morgan fingerprint density at radius 2 is 2.43 bits per heavy atom. The highest BCUT2D eigenvalue weighted by Crippen LogP contribution is 2.13. The maximum absolute atomic E-state index is 12.3. The molecule has 0 aromatic carbocycles. The third-order valence-corrected chi connectivity index (χ3v) is 2.49. The van der Waals surface area contributed by atoms with Gasteiger partial charge in [0.2, 0.25) is 0 Å². The van der Waals surface area contributed by atoms with Gasteiger partial charge in [0, 0.05) is 9.77 Å². The van der Waals surface area contributed by atoms with Crippen molar-refractivity contribution in [1.29, 1.82) is 0 Å². The van der Waals surface area contributed by atoms with Gasteiger partial charge >= 0.3 is 5.97 Å². The summed E-state index contributed by atoms with van der Waals surface area (Å²) in [6, 6.07) is 1.57. The van der Waals surface area contributed by atoms with Crippen molar-refractivity contribution >= 4 is 28.6 Å². The van der Waals surface area contributed by atoms with E-state index in [4.69, 9.17) is 4.74 Å². The summed E-state index contributed by atoms with van der Waals surface area (Å²) in [6.07, 6.45) is 1.33.